The van der Waals surface area contributed by atoms with Gasteiger partial charge in [0.25, 0.3) is 5.91 Å². The zero-order chi connectivity index (χ0) is 17.5. The van der Waals surface area contributed by atoms with Gasteiger partial charge in [-0.2, -0.15) is 0 Å². The number of carboxylic acids is 1. The van der Waals surface area contributed by atoms with Crippen molar-refractivity contribution in [2.75, 3.05) is 0 Å². The van der Waals surface area contributed by atoms with E-state index in [1.165, 1.54) is 12.1 Å². The van der Waals surface area contributed by atoms with Crippen molar-refractivity contribution in [2.24, 2.45) is 11.8 Å². The molecule has 3 rings (SSSR count). The minimum atomic E-state index is -1.14. The Kier molecular flexibility index (Phi) is 3.76. The lowest BCUT2D eigenvalue weighted by Crippen LogP contribution is -2.52. The fourth-order valence-corrected chi connectivity index (χ4v) is 3.21. The number of para-hydroxylation sites is 1. The van der Waals surface area contributed by atoms with Gasteiger partial charge in [0.15, 0.2) is 0 Å². The molecule has 1 aromatic carbocycles. The molecular weight excluding hydrogens is 316 g/mol. The molecule has 0 unspecified atom stereocenters. The molecule has 126 valence electrons. The average molecular weight is 332 g/mol. The Labute approximate surface area is 137 Å². The van der Waals surface area contributed by atoms with Gasteiger partial charge in [0.2, 0.25) is 5.91 Å². The van der Waals surface area contributed by atoms with Crippen LogP contribution in [0.3, 0.4) is 0 Å². The normalized spacial score (nSPS) is 30.1. The molecule has 8 nitrogen and oxygen atoms in total. The number of ether oxygens (including phenoxy) is 1. The first-order chi connectivity index (χ1) is 11.3. The summed E-state index contributed by atoms with van der Waals surface area (Å²) in [6.07, 6.45) is 2.62. The Morgan fingerprint density at radius 2 is 1.92 bits per heavy atom. The molecule has 1 saturated heterocycles. The number of carboxylic acid groups (broad SMARTS) is 1. The summed E-state index contributed by atoms with van der Waals surface area (Å²) in [5.41, 5.74) is 3.36. The Morgan fingerprint density at radius 3 is 2.58 bits per heavy atom. The summed E-state index contributed by atoms with van der Waals surface area (Å²) < 4.78 is 5.57. The van der Waals surface area contributed by atoms with Gasteiger partial charge in [-0.1, -0.05) is 24.3 Å². The van der Waals surface area contributed by atoms with Gasteiger partial charge in [0.1, 0.15) is 11.7 Å². The Bertz CT molecular complexity index is 746. The predicted octanol–water partition coefficient (Wildman–Crippen LogP) is 0.197. The van der Waals surface area contributed by atoms with Gasteiger partial charge in [-0.25, -0.2) is 0 Å². The van der Waals surface area contributed by atoms with Crippen molar-refractivity contribution in [3.05, 3.63) is 42.0 Å². The highest BCUT2D eigenvalue weighted by atomic mass is 16.5. The number of amides is 2. The standard InChI is InChI=1S/C16H16N2O6/c1-16-7-6-10(24-16)11(15(22)23)12(16)14(21)18-17-13(20)8-4-2-3-5-9(8)19/h2-7,10-12,19H,1H3,(H,17,20)(H,18,21)(H,22,23)/t10-,11+,12+,16+/m1/s1. The minimum absolute atomic E-state index is 0.0112. The first kappa shape index (κ1) is 16.0. The number of hydrogen-bond donors (Lipinski definition) is 4. The number of phenolic OH excluding ortho intramolecular Hbond substituents is 1. The molecule has 0 aromatic heterocycles. The van der Waals surface area contributed by atoms with E-state index in [2.05, 4.69) is 10.9 Å². The molecule has 2 amide bonds. The number of aromatic hydroxyl groups is 1. The number of fused-ring (bicyclic) bond motifs is 2. The highest BCUT2D eigenvalue weighted by Crippen LogP contribution is 2.46. The van der Waals surface area contributed by atoms with Crippen molar-refractivity contribution in [1.29, 1.82) is 0 Å². The summed E-state index contributed by atoms with van der Waals surface area (Å²) in [6, 6.07) is 5.85. The van der Waals surface area contributed by atoms with Crippen LogP contribution in [-0.4, -0.2) is 39.7 Å². The maximum absolute atomic E-state index is 12.4. The van der Waals surface area contributed by atoms with Crippen LogP contribution in [0, 0.1) is 11.8 Å². The van der Waals surface area contributed by atoms with Gasteiger partial charge < -0.3 is 14.9 Å². The number of aliphatic carboxylic acids is 1. The van der Waals surface area contributed by atoms with E-state index >= 15 is 0 Å². The van der Waals surface area contributed by atoms with Crippen LogP contribution in [0.1, 0.15) is 17.3 Å². The molecule has 1 aromatic rings. The van der Waals surface area contributed by atoms with Crippen LogP contribution in [0.25, 0.3) is 0 Å². The maximum Gasteiger partial charge on any atom is 0.310 e. The summed E-state index contributed by atoms with van der Waals surface area (Å²) in [6.45, 7) is 1.63. The van der Waals surface area contributed by atoms with Crippen molar-refractivity contribution in [1.82, 2.24) is 10.9 Å². The topological polar surface area (TPSA) is 125 Å². The molecule has 1 fully saturated rings. The van der Waals surface area contributed by atoms with E-state index in [4.69, 9.17) is 4.74 Å². The molecule has 0 radical (unpaired) electrons. The smallest absolute Gasteiger partial charge is 0.310 e. The number of benzene rings is 1. The van der Waals surface area contributed by atoms with E-state index in [9.17, 15) is 24.6 Å². The van der Waals surface area contributed by atoms with Crippen LogP contribution in [0.2, 0.25) is 0 Å². The van der Waals surface area contributed by atoms with Crippen LogP contribution < -0.4 is 10.9 Å². The maximum atomic E-state index is 12.4. The zero-order valence-corrected chi connectivity index (χ0v) is 12.7. The quantitative estimate of drug-likeness (QED) is 0.463. The van der Waals surface area contributed by atoms with E-state index in [0.29, 0.717) is 0 Å². The first-order valence-corrected chi connectivity index (χ1v) is 7.31. The summed E-state index contributed by atoms with van der Waals surface area (Å²) >= 11 is 0. The lowest BCUT2D eigenvalue weighted by atomic mass is 9.76. The van der Waals surface area contributed by atoms with Crippen molar-refractivity contribution in [3.63, 3.8) is 0 Å². The second-order valence-corrected chi connectivity index (χ2v) is 5.93. The Morgan fingerprint density at radius 1 is 1.21 bits per heavy atom. The largest absolute Gasteiger partial charge is 0.507 e. The van der Waals surface area contributed by atoms with Crippen molar-refractivity contribution in [2.45, 2.75) is 18.6 Å². The number of carbonyl (C=O) groups is 3. The number of hydrogen-bond acceptors (Lipinski definition) is 5. The molecule has 0 aliphatic carbocycles. The van der Waals surface area contributed by atoms with E-state index in [1.807, 2.05) is 0 Å². The summed E-state index contributed by atoms with van der Waals surface area (Å²) in [5, 5.41) is 19.0. The number of nitrogens with one attached hydrogen (secondary N) is 2. The highest BCUT2D eigenvalue weighted by molar-refractivity contribution is 5.98. The van der Waals surface area contributed by atoms with E-state index < -0.39 is 41.3 Å². The molecule has 2 heterocycles. The van der Waals surface area contributed by atoms with Crippen molar-refractivity contribution in [3.8, 4) is 5.75 Å². The third-order valence-corrected chi connectivity index (χ3v) is 4.35. The molecule has 8 heteroatoms. The van der Waals surface area contributed by atoms with Crippen molar-refractivity contribution >= 4 is 17.8 Å². The SMILES string of the molecule is C[C@@]12C=C[C@@H](O1)[C@H](C(=O)O)[C@H]2C(=O)NNC(=O)c1ccccc1O. The second-order valence-electron chi connectivity index (χ2n) is 5.93. The van der Waals surface area contributed by atoms with Gasteiger partial charge in [-0.05, 0) is 19.1 Å². The minimum Gasteiger partial charge on any atom is -0.507 e. The number of phenols is 1. The van der Waals surface area contributed by atoms with Gasteiger partial charge in [0, 0.05) is 0 Å². The third kappa shape index (κ3) is 2.50. The van der Waals surface area contributed by atoms with Gasteiger partial charge >= 0.3 is 5.97 Å². The molecule has 4 N–H and O–H groups in total. The molecule has 0 saturated carbocycles. The van der Waals surface area contributed by atoms with E-state index in [-0.39, 0.29) is 11.3 Å². The van der Waals surface area contributed by atoms with Crippen LogP contribution in [0.5, 0.6) is 5.75 Å². The number of hydrazine groups is 1. The lowest BCUT2D eigenvalue weighted by molar-refractivity contribution is -0.147. The zero-order valence-electron chi connectivity index (χ0n) is 12.7. The number of rotatable bonds is 3. The first-order valence-electron chi connectivity index (χ1n) is 7.31. The van der Waals surface area contributed by atoms with Gasteiger partial charge in [0.05, 0.1) is 23.2 Å². The van der Waals surface area contributed by atoms with Gasteiger partial charge in [-0.15, -0.1) is 0 Å². The van der Waals surface area contributed by atoms with Crippen LogP contribution in [0.4, 0.5) is 0 Å². The average Bonchev–Trinajstić information content (AvgIpc) is 3.06. The monoisotopic (exact) mass is 332 g/mol. The fourth-order valence-electron chi connectivity index (χ4n) is 3.21. The van der Waals surface area contributed by atoms with E-state index in [0.717, 1.165) is 0 Å². The van der Waals surface area contributed by atoms with Crippen LogP contribution >= 0.6 is 0 Å². The molecular formula is C16H16N2O6. The molecule has 0 spiro atoms. The fraction of sp³-hybridized carbons (Fsp3) is 0.312. The molecule has 2 bridgehead atoms. The Balaban J connectivity index is 1.71. The van der Waals surface area contributed by atoms with Crippen molar-refractivity contribution < 1.29 is 29.3 Å². The molecule has 2 aliphatic rings. The third-order valence-electron chi connectivity index (χ3n) is 4.35. The lowest BCUT2D eigenvalue weighted by Gasteiger charge is -2.27. The summed E-state index contributed by atoms with van der Waals surface area (Å²) in [4.78, 5) is 35.8. The van der Waals surface area contributed by atoms with Gasteiger partial charge in [-0.3, -0.25) is 25.2 Å². The summed E-state index contributed by atoms with van der Waals surface area (Å²) in [7, 11) is 0. The van der Waals surface area contributed by atoms with Crippen LogP contribution in [-0.2, 0) is 14.3 Å². The molecule has 24 heavy (non-hydrogen) atoms. The van der Waals surface area contributed by atoms with E-state index in [1.54, 1.807) is 31.2 Å². The second kappa shape index (κ2) is 5.64. The predicted molar refractivity (Wildman–Crippen MR) is 80.7 cm³/mol. The molecule has 2 aliphatic heterocycles. The molecule has 4 atom stereocenters. The number of carbonyl (C=O) groups excluding carboxylic acids is 2. The van der Waals surface area contributed by atoms with Crippen LogP contribution in [0.15, 0.2) is 36.4 Å². The summed E-state index contributed by atoms with van der Waals surface area (Å²) in [5.74, 6) is -4.75. The highest BCUT2D eigenvalue weighted by Gasteiger charge is 2.59. The Hall–Kier alpha value is -2.87.